The zero-order valence-corrected chi connectivity index (χ0v) is 24.3. The molecule has 7 rings (SSSR count). The molecule has 38 heavy (non-hydrogen) atoms. The number of anilines is 3. The highest BCUT2D eigenvalue weighted by molar-refractivity contribution is 8.61. The Hall–Kier alpha value is -2.97. The fourth-order valence-corrected chi connectivity index (χ4v) is 12.8. The Balaban J connectivity index is 1.45. The first kappa shape index (κ1) is 24.1. The minimum Gasteiger partial charge on any atom is -0.310 e. The normalized spacial score (nSPS) is 18.7. The van der Waals surface area contributed by atoms with E-state index in [2.05, 4.69) is 141 Å². The zero-order valence-electron chi connectivity index (χ0n) is 21.7. The third-order valence-corrected chi connectivity index (χ3v) is 14.6. The summed E-state index contributed by atoms with van der Waals surface area (Å²) in [5.74, 6) is 0. The maximum absolute atomic E-state index is 5.60. The van der Waals surface area contributed by atoms with Crippen LogP contribution in [-0.2, 0) is 5.41 Å². The van der Waals surface area contributed by atoms with Gasteiger partial charge in [0.2, 0.25) is 0 Å². The molecule has 0 saturated heterocycles. The van der Waals surface area contributed by atoms with Crippen LogP contribution < -0.4 is 20.8 Å². The van der Waals surface area contributed by atoms with Crippen molar-refractivity contribution < 1.29 is 0 Å². The van der Waals surface area contributed by atoms with Crippen LogP contribution in [0.2, 0.25) is 0 Å². The molecule has 5 aromatic rings. The van der Waals surface area contributed by atoms with Crippen LogP contribution in [0.5, 0.6) is 0 Å². The van der Waals surface area contributed by atoms with Crippen LogP contribution in [0.1, 0.15) is 30.5 Å². The van der Waals surface area contributed by atoms with E-state index >= 15 is 0 Å². The van der Waals surface area contributed by atoms with Gasteiger partial charge in [0.05, 0.1) is 21.2 Å². The molecule has 1 unspecified atom stereocenters. The minimum absolute atomic E-state index is 0.0669. The fraction of sp³-hybridized carbons (Fsp3) is 0.118. The molecule has 0 radical (unpaired) electrons. The van der Waals surface area contributed by atoms with Gasteiger partial charge in [-0.25, -0.2) is 0 Å². The average molecular weight is 547 g/mol. The molecule has 1 nitrogen and oxygen atoms in total. The van der Waals surface area contributed by atoms with E-state index in [4.69, 9.17) is 12.2 Å². The second-order valence-electron chi connectivity index (χ2n) is 10.7. The van der Waals surface area contributed by atoms with E-state index in [0.717, 1.165) is 0 Å². The summed E-state index contributed by atoms with van der Waals surface area (Å²) in [5, 5.41) is 4.02. The summed E-state index contributed by atoms with van der Waals surface area (Å²) < 4.78 is 0. The molecule has 5 aromatic carbocycles. The fourth-order valence-electron chi connectivity index (χ4n) is 6.10. The molecule has 0 saturated carbocycles. The summed E-state index contributed by atoms with van der Waals surface area (Å²) >= 11 is 7.48. The van der Waals surface area contributed by atoms with Gasteiger partial charge in [-0.1, -0.05) is 86.3 Å². The molecule has 0 aromatic heterocycles. The van der Waals surface area contributed by atoms with Crippen molar-refractivity contribution in [3.63, 3.8) is 0 Å². The van der Waals surface area contributed by atoms with Crippen molar-refractivity contribution in [2.75, 3.05) is 4.90 Å². The molecule has 2 aliphatic rings. The summed E-state index contributed by atoms with van der Waals surface area (Å²) in [6.45, 7) is 4.76. The Bertz CT molecular complexity index is 1680. The van der Waals surface area contributed by atoms with E-state index in [1.165, 1.54) is 59.5 Å². The lowest BCUT2D eigenvalue weighted by atomic mass is 9.73. The lowest BCUT2D eigenvalue weighted by Gasteiger charge is -2.42. The molecule has 0 bridgehead atoms. The van der Waals surface area contributed by atoms with E-state index in [1.54, 1.807) is 0 Å². The van der Waals surface area contributed by atoms with Crippen molar-refractivity contribution in [2.24, 2.45) is 0 Å². The highest BCUT2D eigenvalue weighted by Crippen LogP contribution is 2.65. The quantitative estimate of drug-likeness (QED) is 0.174. The van der Waals surface area contributed by atoms with Crippen LogP contribution in [0, 0.1) is 6.92 Å². The van der Waals surface area contributed by atoms with E-state index in [0.29, 0.717) is 0 Å². The first-order valence-corrected chi connectivity index (χ1v) is 16.7. The van der Waals surface area contributed by atoms with Gasteiger partial charge < -0.3 is 4.90 Å². The van der Waals surface area contributed by atoms with E-state index < -0.39 is 6.46 Å². The highest BCUT2D eigenvalue weighted by Gasteiger charge is 2.49. The summed E-state index contributed by atoms with van der Waals surface area (Å²) in [6, 6.07) is 42.5. The summed E-state index contributed by atoms with van der Waals surface area (Å²) in [4.78, 5) is 5.05. The third kappa shape index (κ3) is 3.46. The SMILES string of the molecule is Cc1cccc([P+]2(S)c3ccccc3Sc3cc(N4c5ccccc5C(C)(C)c5ccccc54)ccc32)c1. The highest BCUT2D eigenvalue weighted by atomic mass is 32.7. The molecule has 0 aliphatic carbocycles. The van der Waals surface area contributed by atoms with Gasteiger partial charge in [0.15, 0.2) is 6.46 Å². The molecular weight excluding hydrogens is 517 g/mol. The van der Waals surface area contributed by atoms with Crippen LogP contribution in [-0.4, -0.2) is 0 Å². The number of thiol groups is 1. The van der Waals surface area contributed by atoms with Gasteiger partial charge >= 0.3 is 0 Å². The van der Waals surface area contributed by atoms with Crippen LogP contribution >= 0.6 is 30.5 Å². The smallest absolute Gasteiger partial charge is 0.169 e. The van der Waals surface area contributed by atoms with Gasteiger partial charge in [0.1, 0.15) is 15.9 Å². The molecule has 186 valence electrons. The Labute approximate surface area is 235 Å². The molecule has 0 N–H and O–H groups in total. The lowest BCUT2D eigenvalue weighted by molar-refractivity contribution is 0.632. The van der Waals surface area contributed by atoms with Gasteiger partial charge in [-0.3, -0.25) is 0 Å². The van der Waals surface area contributed by atoms with Crippen molar-refractivity contribution in [3.8, 4) is 0 Å². The van der Waals surface area contributed by atoms with Crippen LogP contribution in [0.3, 0.4) is 0 Å². The number of aryl methyl sites for hydroxylation is 1. The van der Waals surface area contributed by atoms with Gasteiger partial charge in [-0.15, -0.1) is 0 Å². The predicted molar refractivity (Wildman–Crippen MR) is 170 cm³/mol. The van der Waals surface area contributed by atoms with E-state index in [1.807, 2.05) is 11.8 Å². The van der Waals surface area contributed by atoms with Crippen molar-refractivity contribution in [1.29, 1.82) is 0 Å². The van der Waals surface area contributed by atoms with Crippen molar-refractivity contribution in [1.82, 2.24) is 0 Å². The third-order valence-electron chi connectivity index (χ3n) is 8.00. The first-order chi connectivity index (χ1) is 18.4. The number of para-hydroxylation sites is 2. The minimum atomic E-state index is -2.08. The monoisotopic (exact) mass is 546 g/mol. The van der Waals surface area contributed by atoms with Crippen molar-refractivity contribution in [2.45, 2.75) is 36.0 Å². The molecule has 2 heterocycles. The molecule has 4 heteroatoms. The van der Waals surface area contributed by atoms with E-state index in [-0.39, 0.29) is 5.41 Å². The number of fused-ring (bicyclic) bond motifs is 4. The number of nitrogens with zero attached hydrogens (tertiary/aromatic N) is 1. The number of benzene rings is 5. The van der Waals surface area contributed by atoms with Crippen LogP contribution in [0.15, 0.2) is 125 Å². The Kier molecular flexibility index (Phi) is 5.57. The molecule has 2 aliphatic heterocycles. The zero-order chi connectivity index (χ0) is 26.1. The van der Waals surface area contributed by atoms with E-state index in [9.17, 15) is 0 Å². The molecule has 0 spiro atoms. The Morgan fingerprint density at radius 3 is 2.00 bits per heavy atom. The van der Waals surface area contributed by atoms with Crippen molar-refractivity contribution in [3.05, 3.63) is 132 Å². The predicted octanol–water partition coefficient (Wildman–Crippen LogP) is 8.71. The second kappa shape index (κ2) is 8.78. The van der Waals surface area contributed by atoms with Crippen LogP contribution in [0.25, 0.3) is 0 Å². The van der Waals surface area contributed by atoms with Gasteiger partial charge in [0, 0.05) is 23.4 Å². The Morgan fingerprint density at radius 1 is 0.658 bits per heavy atom. The number of hydrogen-bond donors (Lipinski definition) is 1. The summed E-state index contributed by atoms with van der Waals surface area (Å²) in [6.07, 6.45) is 0. The van der Waals surface area contributed by atoms with Gasteiger partial charge in [-0.05, 0) is 78.2 Å². The lowest BCUT2D eigenvalue weighted by Crippen LogP contribution is -2.33. The molecule has 1 atom stereocenters. The second-order valence-corrected chi connectivity index (χ2v) is 16.3. The summed E-state index contributed by atoms with van der Waals surface area (Å²) in [5.41, 5.74) is 7.60. The molecule has 0 fully saturated rings. The van der Waals surface area contributed by atoms with Gasteiger partial charge in [-0.2, -0.15) is 0 Å². The van der Waals surface area contributed by atoms with Crippen LogP contribution in [0.4, 0.5) is 17.1 Å². The summed E-state index contributed by atoms with van der Waals surface area (Å²) in [7, 11) is 0. The number of rotatable bonds is 2. The Morgan fingerprint density at radius 2 is 1.29 bits per heavy atom. The number of hydrogen-bond acceptors (Lipinski definition) is 3. The maximum atomic E-state index is 5.60. The average Bonchev–Trinajstić information content (AvgIpc) is 2.93. The van der Waals surface area contributed by atoms with Crippen molar-refractivity contribution >= 4 is 63.5 Å². The molecular formula is C34H29NPS2+. The van der Waals surface area contributed by atoms with Gasteiger partial charge in [0.25, 0.3) is 0 Å². The maximum Gasteiger partial charge on any atom is 0.169 e. The first-order valence-electron chi connectivity index (χ1n) is 13.0. The topological polar surface area (TPSA) is 3.24 Å². The standard InChI is InChI=1S/C34H29NPS2/c1-23-11-10-12-25(21-23)36(37)30-17-8-9-18-32(30)38-33-22-24(19-20-31(33)36)35-28-15-6-4-13-26(28)34(2,3)27-14-5-7-16-29(27)35/h4-22,37H,1-3H3/q+1. The largest absolute Gasteiger partial charge is 0.310 e. The molecule has 0 amide bonds.